The first kappa shape index (κ1) is 20.7. The van der Waals surface area contributed by atoms with Crippen molar-refractivity contribution in [2.45, 2.75) is 26.3 Å². The number of rotatable bonds is 7. The maximum absolute atomic E-state index is 12.8. The molecule has 162 valence electrons. The highest BCUT2D eigenvalue weighted by atomic mass is 16.5. The lowest BCUT2D eigenvalue weighted by molar-refractivity contribution is -0.134. The lowest BCUT2D eigenvalue weighted by Gasteiger charge is -2.32. The monoisotopic (exact) mass is 422 g/mol. The molecule has 8 nitrogen and oxygen atoms in total. The van der Waals surface area contributed by atoms with Crippen LogP contribution in [-0.4, -0.2) is 46.2 Å². The fraction of sp³-hybridized carbons (Fsp3) is 0.348. The first-order valence-electron chi connectivity index (χ1n) is 10.4. The van der Waals surface area contributed by atoms with E-state index in [-0.39, 0.29) is 24.1 Å². The van der Waals surface area contributed by atoms with Gasteiger partial charge in [-0.25, -0.2) is 0 Å². The van der Waals surface area contributed by atoms with E-state index in [1.54, 1.807) is 18.3 Å². The molecule has 1 aliphatic heterocycles. The Hall–Kier alpha value is -3.55. The van der Waals surface area contributed by atoms with E-state index in [0.29, 0.717) is 24.8 Å². The van der Waals surface area contributed by atoms with Gasteiger partial charge in [-0.2, -0.15) is 5.10 Å². The predicted molar refractivity (Wildman–Crippen MR) is 115 cm³/mol. The summed E-state index contributed by atoms with van der Waals surface area (Å²) in [4.78, 5) is 26.7. The number of benzene rings is 1. The normalized spacial score (nSPS) is 16.2. The molecular weight excluding hydrogens is 396 g/mol. The number of carbonyl (C=O) groups excluding carboxylic acids is 2. The first-order valence-corrected chi connectivity index (χ1v) is 10.4. The van der Waals surface area contributed by atoms with E-state index in [1.165, 1.54) is 17.1 Å². The molecule has 1 fully saturated rings. The number of hydrogen-bond donors (Lipinski definition) is 1. The number of amides is 2. The fourth-order valence-electron chi connectivity index (χ4n) is 3.70. The number of nitrogens with one attached hydrogen (secondary N) is 1. The van der Waals surface area contributed by atoms with E-state index >= 15 is 0 Å². The average molecular weight is 422 g/mol. The highest BCUT2D eigenvalue weighted by Crippen LogP contribution is 2.20. The van der Waals surface area contributed by atoms with Crippen molar-refractivity contribution in [1.82, 2.24) is 14.7 Å². The summed E-state index contributed by atoms with van der Waals surface area (Å²) in [5, 5.41) is 6.89. The largest absolute Gasteiger partial charge is 0.493 e. The standard InChI is InChI=1S/C23H26N4O4/c1-17-5-2-7-20(11-17)31-16-18-6-3-9-26(13-18)22(28)15-27-14-19(12-24-27)25-23(29)21-8-4-10-30-21/h2,4-5,7-8,10-12,14,18H,3,6,9,13,15-16H2,1H3,(H,25,29). The Bertz CT molecular complexity index is 1030. The summed E-state index contributed by atoms with van der Waals surface area (Å²) < 4.78 is 12.5. The van der Waals surface area contributed by atoms with E-state index in [1.807, 2.05) is 36.1 Å². The molecular formula is C23H26N4O4. The molecule has 1 aromatic carbocycles. The van der Waals surface area contributed by atoms with Gasteiger partial charge in [0.15, 0.2) is 5.76 Å². The van der Waals surface area contributed by atoms with Crippen molar-refractivity contribution in [1.29, 1.82) is 0 Å². The van der Waals surface area contributed by atoms with Gasteiger partial charge in [0.05, 0.1) is 24.8 Å². The van der Waals surface area contributed by atoms with Gasteiger partial charge in [-0.3, -0.25) is 14.3 Å². The molecule has 31 heavy (non-hydrogen) atoms. The molecule has 4 rings (SSSR count). The lowest BCUT2D eigenvalue weighted by Crippen LogP contribution is -2.43. The summed E-state index contributed by atoms with van der Waals surface area (Å²) in [6.45, 7) is 4.17. The van der Waals surface area contributed by atoms with E-state index < -0.39 is 0 Å². The Balaban J connectivity index is 1.27. The third-order valence-electron chi connectivity index (χ3n) is 5.28. The number of carbonyl (C=O) groups is 2. The van der Waals surface area contributed by atoms with Gasteiger partial charge < -0.3 is 19.4 Å². The average Bonchev–Trinajstić information content (AvgIpc) is 3.45. The van der Waals surface area contributed by atoms with Crippen LogP contribution in [0, 0.1) is 12.8 Å². The minimum atomic E-state index is -0.358. The van der Waals surface area contributed by atoms with Gasteiger partial charge in [-0.15, -0.1) is 0 Å². The Labute approximate surface area is 180 Å². The summed E-state index contributed by atoms with van der Waals surface area (Å²) in [5.41, 5.74) is 1.68. The van der Waals surface area contributed by atoms with Gasteiger partial charge in [0.1, 0.15) is 12.3 Å². The smallest absolute Gasteiger partial charge is 0.291 e. The van der Waals surface area contributed by atoms with Crippen LogP contribution in [0.25, 0.3) is 0 Å². The van der Waals surface area contributed by atoms with Gasteiger partial charge in [0.25, 0.3) is 5.91 Å². The van der Waals surface area contributed by atoms with Gasteiger partial charge in [0, 0.05) is 25.2 Å². The molecule has 0 bridgehead atoms. The second kappa shape index (κ2) is 9.51. The van der Waals surface area contributed by atoms with Crippen molar-refractivity contribution >= 4 is 17.5 Å². The lowest BCUT2D eigenvalue weighted by atomic mass is 9.99. The molecule has 2 aromatic heterocycles. The summed E-state index contributed by atoms with van der Waals surface area (Å²) in [6.07, 6.45) is 6.59. The Morgan fingerprint density at radius 3 is 3.00 bits per heavy atom. The van der Waals surface area contributed by atoms with Crippen LogP contribution in [-0.2, 0) is 11.3 Å². The zero-order chi connectivity index (χ0) is 21.6. The van der Waals surface area contributed by atoms with Crippen molar-refractivity contribution in [3.05, 3.63) is 66.4 Å². The zero-order valence-corrected chi connectivity index (χ0v) is 17.5. The molecule has 1 N–H and O–H groups in total. The molecule has 0 aliphatic carbocycles. The highest BCUT2D eigenvalue weighted by Gasteiger charge is 2.24. The van der Waals surface area contributed by atoms with Gasteiger partial charge >= 0.3 is 0 Å². The fourth-order valence-corrected chi connectivity index (χ4v) is 3.70. The molecule has 3 heterocycles. The second-order valence-corrected chi connectivity index (χ2v) is 7.83. The third-order valence-corrected chi connectivity index (χ3v) is 5.28. The van der Waals surface area contributed by atoms with Crippen LogP contribution in [0.1, 0.15) is 29.0 Å². The van der Waals surface area contributed by atoms with Crippen LogP contribution in [0.3, 0.4) is 0 Å². The molecule has 1 saturated heterocycles. The molecule has 1 unspecified atom stereocenters. The number of ether oxygens (including phenoxy) is 1. The number of hydrogen-bond acceptors (Lipinski definition) is 5. The molecule has 0 saturated carbocycles. The van der Waals surface area contributed by atoms with Crippen LogP contribution in [0.2, 0.25) is 0 Å². The van der Waals surface area contributed by atoms with Crippen LogP contribution < -0.4 is 10.1 Å². The van der Waals surface area contributed by atoms with Crippen molar-refractivity contribution in [3.63, 3.8) is 0 Å². The van der Waals surface area contributed by atoms with Crippen molar-refractivity contribution < 1.29 is 18.7 Å². The quantitative estimate of drug-likeness (QED) is 0.631. The van der Waals surface area contributed by atoms with Gasteiger partial charge in [0.2, 0.25) is 5.91 Å². The third kappa shape index (κ3) is 5.53. The maximum atomic E-state index is 12.8. The van der Waals surface area contributed by atoms with Crippen LogP contribution >= 0.6 is 0 Å². The Morgan fingerprint density at radius 2 is 2.19 bits per heavy atom. The van der Waals surface area contributed by atoms with E-state index in [9.17, 15) is 9.59 Å². The molecule has 0 radical (unpaired) electrons. The maximum Gasteiger partial charge on any atom is 0.291 e. The SMILES string of the molecule is Cc1cccc(OCC2CCCN(C(=O)Cn3cc(NC(=O)c4ccco4)cn3)C2)c1. The summed E-state index contributed by atoms with van der Waals surface area (Å²) >= 11 is 0. The zero-order valence-electron chi connectivity index (χ0n) is 17.5. The number of likely N-dealkylation sites (tertiary alicyclic amines) is 1. The molecule has 1 aliphatic rings. The van der Waals surface area contributed by atoms with E-state index in [0.717, 1.165) is 30.7 Å². The number of furan rings is 1. The number of anilines is 1. The molecule has 3 aromatic rings. The van der Waals surface area contributed by atoms with Crippen LogP contribution in [0.5, 0.6) is 5.75 Å². The molecule has 1 atom stereocenters. The van der Waals surface area contributed by atoms with Crippen molar-refractivity contribution in [3.8, 4) is 5.75 Å². The summed E-state index contributed by atoms with van der Waals surface area (Å²) in [5.74, 6) is 1.04. The minimum Gasteiger partial charge on any atom is -0.493 e. The number of aryl methyl sites for hydroxylation is 1. The molecule has 2 amide bonds. The van der Waals surface area contributed by atoms with Gasteiger partial charge in [-0.1, -0.05) is 12.1 Å². The van der Waals surface area contributed by atoms with Crippen LogP contribution in [0.15, 0.2) is 59.5 Å². The van der Waals surface area contributed by atoms with Crippen LogP contribution in [0.4, 0.5) is 5.69 Å². The molecule has 0 spiro atoms. The Morgan fingerprint density at radius 1 is 1.29 bits per heavy atom. The minimum absolute atomic E-state index is 0.00673. The van der Waals surface area contributed by atoms with Gasteiger partial charge in [-0.05, 0) is 49.6 Å². The number of aromatic nitrogens is 2. The summed E-state index contributed by atoms with van der Waals surface area (Å²) in [6, 6.07) is 11.2. The number of nitrogens with zero attached hydrogens (tertiary/aromatic N) is 3. The van der Waals surface area contributed by atoms with E-state index in [2.05, 4.69) is 10.4 Å². The Kier molecular flexibility index (Phi) is 6.35. The second-order valence-electron chi connectivity index (χ2n) is 7.83. The predicted octanol–water partition coefficient (Wildman–Crippen LogP) is 3.35. The van der Waals surface area contributed by atoms with E-state index in [4.69, 9.17) is 9.15 Å². The van der Waals surface area contributed by atoms with Crippen molar-refractivity contribution in [2.24, 2.45) is 5.92 Å². The summed E-state index contributed by atoms with van der Waals surface area (Å²) in [7, 11) is 0. The van der Waals surface area contributed by atoms with Crippen molar-refractivity contribution in [2.75, 3.05) is 25.0 Å². The highest BCUT2D eigenvalue weighted by molar-refractivity contribution is 6.02. The molecule has 8 heteroatoms. The number of piperidine rings is 1. The first-order chi connectivity index (χ1) is 15.1. The topological polar surface area (TPSA) is 89.6 Å².